The molecule has 3 nitrogen and oxygen atoms in total. The number of nitrogens with zero attached hydrogens (tertiary/aromatic N) is 2. The summed E-state index contributed by atoms with van der Waals surface area (Å²) in [5, 5.41) is 9.61. The summed E-state index contributed by atoms with van der Waals surface area (Å²) in [5.41, 5.74) is 10.9. The summed E-state index contributed by atoms with van der Waals surface area (Å²) >= 11 is 0. The molecule has 2 heterocycles. The van der Waals surface area contributed by atoms with Crippen LogP contribution in [-0.4, -0.2) is 9.97 Å². The summed E-state index contributed by atoms with van der Waals surface area (Å²) in [5.74, 6) is 0.656. The number of hydrogen-bond donors (Lipinski definition) is 0. The second-order valence-electron chi connectivity index (χ2n) is 14.1. The minimum absolute atomic E-state index is 0.656. The van der Waals surface area contributed by atoms with Gasteiger partial charge in [0.1, 0.15) is 11.2 Å². The fraction of sp³-hybridized carbons (Fsp3) is 0. The van der Waals surface area contributed by atoms with E-state index in [1.807, 2.05) is 18.2 Å². The van der Waals surface area contributed by atoms with Gasteiger partial charge < -0.3 is 4.42 Å². The maximum Gasteiger partial charge on any atom is 0.160 e. The Morgan fingerprint density at radius 3 is 1.78 bits per heavy atom. The average molecular weight is 701 g/mol. The summed E-state index contributed by atoms with van der Waals surface area (Å²) in [7, 11) is 0. The van der Waals surface area contributed by atoms with Crippen molar-refractivity contribution >= 4 is 54.3 Å². The zero-order valence-corrected chi connectivity index (χ0v) is 29.8. The van der Waals surface area contributed by atoms with Crippen LogP contribution >= 0.6 is 0 Å². The standard InChI is InChI=1S/C52H32N2O/c1-2-13-33(14-3-1)38-17-8-9-20-41(38)47-32-48(45-23-12-22-44-42-21-10-11-24-49(42)55-51(44)45)54-52(53-47)36-27-25-35(26-28-36)50-40-19-7-5-16-37(40)31-46-39-18-6-4-15-34(39)29-30-43(46)50/h1-32H. The van der Waals surface area contributed by atoms with Gasteiger partial charge in [0.2, 0.25) is 0 Å². The Morgan fingerprint density at radius 2 is 0.945 bits per heavy atom. The Balaban J connectivity index is 1.11. The molecule has 0 fully saturated rings. The molecule has 0 radical (unpaired) electrons. The largest absolute Gasteiger partial charge is 0.455 e. The monoisotopic (exact) mass is 700 g/mol. The third-order valence-electron chi connectivity index (χ3n) is 10.9. The van der Waals surface area contributed by atoms with Gasteiger partial charge in [-0.2, -0.15) is 0 Å². The molecule has 0 saturated heterocycles. The van der Waals surface area contributed by atoms with Gasteiger partial charge in [-0.05, 0) is 78.8 Å². The first-order valence-electron chi connectivity index (χ1n) is 18.7. The lowest BCUT2D eigenvalue weighted by atomic mass is 9.89. The van der Waals surface area contributed by atoms with Crippen LogP contribution in [0.4, 0.5) is 0 Å². The summed E-state index contributed by atoms with van der Waals surface area (Å²) in [4.78, 5) is 10.6. The molecule has 2 aromatic heterocycles. The van der Waals surface area contributed by atoms with E-state index in [4.69, 9.17) is 14.4 Å². The molecule has 0 atom stereocenters. The molecule has 3 heteroatoms. The van der Waals surface area contributed by atoms with E-state index >= 15 is 0 Å². The molecule has 256 valence electrons. The van der Waals surface area contributed by atoms with Crippen molar-refractivity contribution in [3.63, 3.8) is 0 Å². The van der Waals surface area contributed by atoms with E-state index in [1.165, 1.54) is 37.9 Å². The number of hydrogen-bond acceptors (Lipinski definition) is 3. The van der Waals surface area contributed by atoms with Crippen molar-refractivity contribution in [3.05, 3.63) is 194 Å². The van der Waals surface area contributed by atoms with Crippen molar-refractivity contribution in [1.29, 1.82) is 0 Å². The highest BCUT2D eigenvalue weighted by Gasteiger charge is 2.19. The van der Waals surface area contributed by atoms with Gasteiger partial charge in [0.25, 0.3) is 0 Å². The minimum atomic E-state index is 0.656. The fourth-order valence-corrected chi connectivity index (χ4v) is 8.29. The molecule has 0 unspecified atom stereocenters. The highest BCUT2D eigenvalue weighted by atomic mass is 16.3. The van der Waals surface area contributed by atoms with Crippen molar-refractivity contribution in [2.75, 3.05) is 0 Å². The predicted octanol–water partition coefficient (Wildman–Crippen LogP) is 14.2. The van der Waals surface area contributed by atoms with Gasteiger partial charge in [0.15, 0.2) is 5.82 Å². The van der Waals surface area contributed by atoms with E-state index < -0.39 is 0 Å². The molecule has 0 aliphatic carbocycles. The molecule has 0 amide bonds. The molecule has 0 aliphatic rings. The third-order valence-corrected chi connectivity index (χ3v) is 10.9. The number of furan rings is 1. The summed E-state index contributed by atoms with van der Waals surface area (Å²) in [6.07, 6.45) is 0. The maximum absolute atomic E-state index is 6.52. The van der Waals surface area contributed by atoms with Crippen molar-refractivity contribution < 1.29 is 4.42 Å². The second kappa shape index (κ2) is 12.6. The second-order valence-corrected chi connectivity index (χ2v) is 14.1. The van der Waals surface area contributed by atoms with E-state index in [2.05, 4.69) is 176 Å². The molecule has 0 bridgehead atoms. The van der Waals surface area contributed by atoms with Crippen molar-refractivity contribution in [1.82, 2.24) is 9.97 Å². The first kappa shape index (κ1) is 31.2. The van der Waals surface area contributed by atoms with Crippen molar-refractivity contribution in [3.8, 4) is 56.2 Å². The fourth-order valence-electron chi connectivity index (χ4n) is 8.29. The Bertz CT molecular complexity index is 3250. The van der Waals surface area contributed by atoms with E-state index in [1.54, 1.807) is 0 Å². The molecular formula is C52H32N2O. The highest BCUT2D eigenvalue weighted by Crippen LogP contribution is 2.41. The van der Waals surface area contributed by atoms with Crippen LogP contribution in [0, 0.1) is 0 Å². The SMILES string of the molecule is c1ccc(-c2ccccc2-c2cc(-c3cccc4c3oc3ccccc34)nc(-c3ccc(-c4c5ccccc5cc5c4ccc4ccccc45)cc3)n2)cc1. The molecule has 0 saturated carbocycles. The molecular weight excluding hydrogens is 669 g/mol. The van der Waals surface area contributed by atoms with E-state index in [0.29, 0.717) is 5.82 Å². The third kappa shape index (κ3) is 5.20. The van der Waals surface area contributed by atoms with Gasteiger partial charge >= 0.3 is 0 Å². The Labute approximate surface area is 317 Å². The lowest BCUT2D eigenvalue weighted by molar-refractivity contribution is 0.670. The predicted molar refractivity (Wildman–Crippen MR) is 229 cm³/mol. The molecule has 11 aromatic rings. The maximum atomic E-state index is 6.52. The Hall–Kier alpha value is -7.36. The van der Waals surface area contributed by atoms with Gasteiger partial charge in [-0.1, -0.05) is 170 Å². The van der Waals surface area contributed by atoms with E-state index in [-0.39, 0.29) is 0 Å². The van der Waals surface area contributed by atoms with Crippen LogP contribution in [0.25, 0.3) is 110 Å². The van der Waals surface area contributed by atoms with Crippen molar-refractivity contribution in [2.24, 2.45) is 0 Å². The van der Waals surface area contributed by atoms with Gasteiger partial charge in [0, 0.05) is 27.5 Å². The number of aromatic nitrogens is 2. The van der Waals surface area contributed by atoms with E-state index in [0.717, 1.165) is 66.7 Å². The number of fused-ring (bicyclic) bond motifs is 7. The van der Waals surface area contributed by atoms with Crippen LogP contribution in [0.15, 0.2) is 199 Å². The zero-order valence-electron chi connectivity index (χ0n) is 29.8. The van der Waals surface area contributed by atoms with Crippen LogP contribution in [-0.2, 0) is 0 Å². The highest BCUT2D eigenvalue weighted by molar-refractivity contribution is 6.20. The minimum Gasteiger partial charge on any atom is -0.455 e. The Kier molecular flexibility index (Phi) is 7.17. The lowest BCUT2D eigenvalue weighted by Gasteiger charge is -2.15. The number of benzene rings is 9. The van der Waals surface area contributed by atoms with Crippen LogP contribution in [0.3, 0.4) is 0 Å². The molecule has 0 spiro atoms. The van der Waals surface area contributed by atoms with Crippen LogP contribution in [0.5, 0.6) is 0 Å². The van der Waals surface area contributed by atoms with Crippen LogP contribution in [0.2, 0.25) is 0 Å². The van der Waals surface area contributed by atoms with Gasteiger partial charge in [0.05, 0.1) is 11.4 Å². The first-order chi connectivity index (χ1) is 27.3. The normalized spacial score (nSPS) is 11.6. The molecule has 0 aliphatic heterocycles. The zero-order chi connectivity index (χ0) is 36.3. The molecule has 0 N–H and O–H groups in total. The average Bonchev–Trinajstić information content (AvgIpc) is 3.65. The molecule has 55 heavy (non-hydrogen) atoms. The van der Waals surface area contributed by atoms with Crippen molar-refractivity contribution in [2.45, 2.75) is 0 Å². The summed E-state index contributed by atoms with van der Waals surface area (Å²) in [6, 6.07) is 68.6. The van der Waals surface area contributed by atoms with Gasteiger partial charge in [-0.25, -0.2) is 9.97 Å². The van der Waals surface area contributed by atoms with Crippen LogP contribution in [0.1, 0.15) is 0 Å². The smallest absolute Gasteiger partial charge is 0.160 e. The van der Waals surface area contributed by atoms with E-state index in [9.17, 15) is 0 Å². The molecule has 11 rings (SSSR count). The first-order valence-corrected chi connectivity index (χ1v) is 18.7. The quantitative estimate of drug-likeness (QED) is 0.133. The Morgan fingerprint density at radius 1 is 0.327 bits per heavy atom. The topological polar surface area (TPSA) is 38.9 Å². The lowest BCUT2D eigenvalue weighted by Crippen LogP contribution is -1.97. The summed E-state index contributed by atoms with van der Waals surface area (Å²) in [6.45, 7) is 0. The number of para-hydroxylation sites is 2. The van der Waals surface area contributed by atoms with Crippen LogP contribution < -0.4 is 0 Å². The summed E-state index contributed by atoms with van der Waals surface area (Å²) < 4.78 is 6.52. The number of rotatable bonds is 5. The van der Waals surface area contributed by atoms with Gasteiger partial charge in [-0.15, -0.1) is 0 Å². The molecule has 9 aromatic carbocycles. The van der Waals surface area contributed by atoms with Gasteiger partial charge in [-0.3, -0.25) is 0 Å².